The van der Waals surface area contributed by atoms with E-state index in [1.165, 1.54) is 11.8 Å². The first-order valence-electron chi connectivity index (χ1n) is 9.69. The van der Waals surface area contributed by atoms with Crippen LogP contribution in [0.3, 0.4) is 0 Å². The number of tetrazole rings is 1. The summed E-state index contributed by atoms with van der Waals surface area (Å²) in [5.41, 5.74) is -0.479. The Balaban J connectivity index is 1.50. The normalized spacial score (nSPS) is 24.0. The van der Waals surface area contributed by atoms with Gasteiger partial charge in [-0.3, -0.25) is 19.4 Å². The van der Waals surface area contributed by atoms with Crippen LogP contribution in [0.2, 0.25) is 0 Å². The van der Waals surface area contributed by atoms with Gasteiger partial charge in [-0.1, -0.05) is 24.0 Å². The first-order valence-corrected chi connectivity index (χ1v) is 12.1. The molecule has 2 saturated heterocycles. The molecule has 0 radical (unpaired) electrons. The predicted molar refractivity (Wildman–Crippen MR) is 123 cm³/mol. The molecule has 0 aliphatic carbocycles. The average Bonchev–Trinajstić information content (AvgIpc) is 3.22. The lowest BCUT2D eigenvalue weighted by Gasteiger charge is -2.56. The van der Waals surface area contributed by atoms with E-state index in [0.717, 1.165) is 22.1 Å². The Morgan fingerprint density at radius 2 is 2.09 bits per heavy atom. The number of hydrogen-bond donors (Lipinski definition) is 2. The summed E-state index contributed by atoms with van der Waals surface area (Å²) in [5.74, 6) is -2.00. The lowest BCUT2D eigenvalue weighted by molar-refractivity contribution is -0.155. The largest absolute Gasteiger partial charge is 0.481 e. The van der Waals surface area contributed by atoms with Crippen molar-refractivity contribution in [2.75, 3.05) is 23.0 Å². The Hall–Kier alpha value is -2.78. The summed E-state index contributed by atoms with van der Waals surface area (Å²) in [7, 11) is 0. The molecule has 2 aliphatic heterocycles. The standard InChI is InChI=1S/C18H19N7O5S3/c1-10(31)25(11-2-4-19-5-3-11)13-14(28)23-7-18(16(29)30,8-32-15(13)23)9-33-17-20-21-22-24(17)6-12(26)27/h2-5,13,15H,6-9H2,1H3,(H,26,27)(H,29,30)/t13?,15-,18?/m1/s1. The maximum absolute atomic E-state index is 13.1. The second-order valence-electron chi connectivity index (χ2n) is 7.59. The number of amides is 1. The van der Waals surface area contributed by atoms with Crippen LogP contribution < -0.4 is 4.90 Å². The molecule has 3 atom stereocenters. The molecule has 0 aromatic carbocycles. The van der Waals surface area contributed by atoms with Gasteiger partial charge in [-0.25, -0.2) is 4.68 Å². The fourth-order valence-electron chi connectivity index (χ4n) is 3.76. The Bertz CT molecular complexity index is 1100. The zero-order valence-corrected chi connectivity index (χ0v) is 19.7. The second-order valence-corrected chi connectivity index (χ2v) is 10.2. The van der Waals surface area contributed by atoms with Gasteiger partial charge >= 0.3 is 11.9 Å². The van der Waals surface area contributed by atoms with Crippen molar-refractivity contribution in [3.63, 3.8) is 0 Å². The molecule has 2 aromatic rings. The minimum Gasteiger partial charge on any atom is -0.481 e. The van der Waals surface area contributed by atoms with Crippen LogP contribution in [-0.4, -0.2) is 92.6 Å². The molecule has 15 heteroatoms. The maximum atomic E-state index is 13.1. The topological polar surface area (TPSA) is 155 Å². The zero-order valence-electron chi connectivity index (χ0n) is 17.3. The Kier molecular flexibility index (Phi) is 6.54. The van der Waals surface area contributed by atoms with Gasteiger partial charge in [0.2, 0.25) is 11.1 Å². The van der Waals surface area contributed by atoms with Gasteiger partial charge in [0.1, 0.15) is 23.4 Å². The van der Waals surface area contributed by atoms with E-state index in [-0.39, 0.29) is 34.5 Å². The molecule has 2 aliphatic rings. The number of carbonyl (C=O) groups excluding carboxylic acids is 1. The molecule has 2 N–H and O–H groups in total. The van der Waals surface area contributed by atoms with E-state index in [4.69, 9.17) is 17.3 Å². The monoisotopic (exact) mass is 509 g/mol. The fraction of sp³-hybridized carbons (Fsp3) is 0.444. The Morgan fingerprint density at radius 3 is 2.73 bits per heavy atom. The summed E-state index contributed by atoms with van der Waals surface area (Å²) in [4.78, 5) is 44.3. The molecule has 4 heterocycles. The molecule has 174 valence electrons. The quantitative estimate of drug-likeness (QED) is 0.288. The first kappa shape index (κ1) is 23.4. The van der Waals surface area contributed by atoms with E-state index < -0.39 is 29.9 Å². The molecular weight excluding hydrogens is 490 g/mol. The number of rotatable bonds is 8. The van der Waals surface area contributed by atoms with Gasteiger partial charge in [0.05, 0.1) is 4.99 Å². The van der Waals surface area contributed by atoms with E-state index in [2.05, 4.69) is 20.5 Å². The molecule has 0 spiro atoms. The van der Waals surface area contributed by atoms with Gasteiger partial charge in [0.25, 0.3) is 0 Å². The summed E-state index contributed by atoms with van der Waals surface area (Å²) in [5, 5.41) is 29.9. The minimum atomic E-state index is -1.24. The van der Waals surface area contributed by atoms with E-state index in [1.807, 2.05) is 0 Å². The lowest BCUT2D eigenvalue weighted by atomic mass is 9.89. The van der Waals surface area contributed by atoms with Crippen molar-refractivity contribution in [3.05, 3.63) is 24.5 Å². The number of thioether (sulfide) groups is 2. The zero-order chi connectivity index (χ0) is 23.8. The van der Waals surface area contributed by atoms with Crippen molar-refractivity contribution in [2.45, 2.75) is 30.0 Å². The summed E-state index contributed by atoms with van der Waals surface area (Å²) in [6.45, 7) is 1.35. The van der Waals surface area contributed by atoms with Gasteiger partial charge in [0.15, 0.2) is 0 Å². The number of aromatic nitrogens is 5. The number of carbonyl (C=O) groups is 3. The van der Waals surface area contributed by atoms with Crippen LogP contribution in [0.4, 0.5) is 5.69 Å². The first-order chi connectivity index (χ1) is 15.7. The van der Waals surface area contributed by atoms with E-state index in [1.54, 1.807) is 41.2 Å². The van der Waals surface area contributed by atoms with Crippen LogP contribution in [0.5, 0.6) is 0 Å². The molecule has 33 heavy (non-hydrogen) atoms. The van der Waals surface area contributed by atoms with Crippen LogP contribution >= 0.6 is 35.7 Å². The van der Waals surface area contributed by atoms with Crippen molar-refractivity contribution in [3.8, 4) is 0 Å². The van der Waals surface area contributed by atoms with Crippen LogP contribution in [-0.2, 0) is 20.9 Å². The third kappa shape index (κ3) is 4.39. The van der Waals surface area contributed by atoms with Crippen molar-refractivity contribution < 1.29 is 24.6 Å². The van der Waals surface area contributed by atoms with Gasteiger partial charge in [-0.2, -0.15) is 0 Å². The second kappa shape index (κ2) is 9.23. The number of thiocarbonyl (C=S) groups is 1. The molecule has 2 fully saturated rings. The van der Waals surface area contributed by atoms with Gasteiger partial charge in [0, 0.05) is 36.1 Å². The SMILES string of the molecule is CC(=S)N(c1ccncc1)C1C(=O)N2CC(CSc3nnnn3CC(=O)O)(C(=O)O)CS[C@H]12. The molecule has 12 nitrogen and oxygen atoms in total. The van der Waals surface area contributed by atoms with Gasteiger partial charge in [-0.15, -0.1) is 16.9 Å². The number of carboxylic acid groups (broad SMARTS) is 2. The van der Waals surface area contributed by atoms with E-state index in [9.17, 15) is 19.5 Å². The maximum Gasteiger partial charge on any atom is 0.325 e. The number of pyridine rings is 1. The van der Waals surface area contributed by atoms with Crippen molar-refractivity contribution in [1.29, 1.82) is 0 Å². The van der Waals surface area contributed by atoms with Gasteiger partial charge < -0.3 is 20.0 Å². The van der Waals surface area contributed by atoms with Crippen molar-refractivity contribution >= 4 is 64.3 Å². The molecule has 0 bridgehead atoms. The van der Waals surface area contributed by atoms with Crippen LogP contribution in [0.25, 0.3) is 0 Å². The summed E-state index contributed by atoms with van der Waals surface area (Å²) in [6.07, 6.45) is 3.25. The Labute approximate surface area is 201 Å². The highest BCUT2D eigenvalue weighted by Crippen LogP contribution is 2.46. The smallest absolute Gasteiger partial charge is 0.325 e. The molecular formula is C18H19N7O5S3. The predicted octanol–water partition coefficient (Wildman–Crippen LogP) is 0.453. The van der Waals surface area contributed by atoms with E-state index >= 15 is 0 Å². The molecule has 4 rings (SSSR count). The van der Waals surface area contributed by atoms with Crippen LogP contribution in [0.1, 0.15) is 6.92 Å². The number of carboxylic acids is 2. The highest BCUT2D eigenvalue weighted by Gasteiger charge is 2.59. The molecule has 2 unspecified atom stereocenters. The molecule has 0 saturated carbocycles. The number of anilines is 1. The number of hydrogen-bond acceptors (Lipinski definition) is 10. The summed E-state index contributed by atoms with van der Waals surface area (Å²) >= 11 is 7.86. The van der Waals surface area contributed by atoms with Gasteiger partial charge in [-0.05, 0) is 29.5 Å². The minimum absolute atomic E-state index is 0.0312. The third-order valence-electron chi connectivity index (χ3n) is 5.39. The number of fused-ring (bicyclic) bond motifs is 1. The number of β-lactam (4-membered cyclic amide) rings is 1. The third-order valence-corrected chi connectivity index (χ3v) is 8.41. The number of nitrogens with zero attached hydrogens (tertiary/aromatic N) is 7. The average molecular weight is 510 g/mol. The Morgan fingerprint density at radius 1 is 1.36 bits per heavy atom. The highest BCUT2D eigenvalue weighted by molar-refractivity contribution is 8.00. The van der Waals surface area contributed by atoms with E-state index in [0.29, 0.717) is 4.99 Å². The summed E-state index contributed by atoms with van der Waals surface area (Å²) in [6, 6.07) is 3.04. The van der Waals surface area contributed by atoms with Crippen LogP contribution in [0, 0.1) is 5.41 Å². The van der Waals surface area contributed by atoms with Crippen LogP contribution in [0.15, 0.2) is 29.7 Å². The van der Waals surface area contributed by atoms with Crippen molar-refractivity contribution in [1.82, 2.24) is 30.1 Å². The number of aliphatic carboxylic acids is 2. The lowest BCUT2D eigenvalue weighted by Crippen LogP contribution is -2.74. The molecule has 1 amide bonds. The summed E-state index contributed by atoms with van der Waals surface area (Å²) < 4.78 is 1.10. The fourth-order valence-corrected chi connectivity index (χ4v) is 6.76. The van der Waals surface area contributed by atoms with Crippen molar-refractivity contribution in [2.24, 2.45) is 5.41 Å². The highest BCUT2D eigenvalue weighted by atomic mass is 32.2. The molecule has 2 aromatic heterocycles.